The number of carbonyl (C=O) groups excluding carboxylic acids is 1. The van der Waals surface area contributed by atoms with E-state index in [4.69, 9.17) is 4.74 Å². The lowest BCUT2D eigenvalue weighted by atomic mass is 9.96. The minimum absolute atomic E-state index is 0.0247. The van der Waals surface area contributed by atoms with Crippen LogP contribution in [0.3, 0.4) is 0 Å². The molecule has 0 aromatic carbocycles. The summed E-state index contributed by atoms with van der Waals surface area (Å²) in [6.45, 7) is 7.46. The van der Waals surface area contributed by atoms with Crippen LogP contribution in [0.1, 0.15) is 55.1 Å². The Balaban J connectivity index is 1.67. The van der Waals surface area contributed by atoms with Crippen molar-refractivity contribution in [3.05, 3.63) is 35.2 Å². The van der Waals surface area contributed by atoms with Gasteiger partial charge in [0.2, 0.25) is 5.91 Å². The molecule has 2 N–H and O–H groups in total. The largest absolute Gasteiger partial charge is 0.478 e. The highest BCUT2D eigenvalue weighted by atomic mass is 19.4. The molecule has 3 aromatic heterocycles. The number of aromatic carboxylic acids is 1. The SMILES string of the molecule is Cc1c(C(=O)O)cn2nc(-c3cnc(NC(=O)C(C)(C)C)cc3C(F)(F)F)nc(N3CC4CCC(C3)O4)c12. The molecule has 3 aromatic rings. The number of carboxylic acids is 1. The molecule has 2 bridgehead atoms. The van der Waals surface area contributed by atoms with Crippen molar-refractivity contribution < 1.29 is 32.6 Å². The number of nitrogens with one attached hydrogen (secondary N) is 1. The van der Waals surface area contributed by atoms with Gasteiger partial charge in [0.25, 0.3) is 0 Å². The number of ether oxygens (including phenoxy) is 1. The number of morpholine rings is 1. The van der Waals surface area contributed by atoms with E-state index in [1.165, 1.54) is 10.7 Å². The number of aryl methyl sites for hydroxylation is 1. The van der Waals surface area contributed by atoms with Crippen molar-refractivity contribution in [1.29, 1.82) is 0 Å². The van der Waals surface area contributed by atoms with Crippen LogP contribution < -0.4 is 10.2 Å². The maximum absolute atomic E-state index is 14.2. The Hall–Kier alpha value is -3.74. The van der Waals surface area contributed by atoms with E-state index in [2.05, 4.69) is 20.4 Å². The van der Waals surface area contributed by atoms with Crippen molar-refractivity contribution in [2.24, 2.45) is 5.41 Å². The van der Waals surface area contributed by atoms with Gasteiger partial charge in [-0.05, 0) is 31.4 Å². The number of hydrogen-bond acceptors (Lipinski definition) is 7. The second-order valence-electron chi connectivity index (χ2n) is 10.7. The van der Waals surface area contributed by atoms with Crippen LogP contribution in [0, 0.1) is 12.3 Å². The molecule has 1 amide bonds. The molecule has 2 fully saturated rings. The Labute approximate surface area is 215 Å². The Bertz CT molecular complexity index is 1430. The van der Waals surface area contributed by atoms with Gasteiger partial charge in [-0.3, -0.25) is 4.79 Å². The Morgan fingerprint density at radius 3 is 2.39 bits per heavy atom. The highest BCUT2D eigenvalue weighted by Gasteiger charge is 2.38. The van der Waals surface area contributed by atoms with Gasteiger partial charge in [-0.2, -0.15) is 13.2 Å². The second kappa shape index (κ2) is 8.93. The third kappa shape index (κ3) is 4.66. The summed E-state index contributed by atoms with van der Waals surface area (Å²) >= 11 is 0. The summed E-state index contributed by atoms with van der Waals surface area (Å²) in [6.07, 6.45) is -0.924. The van der Waals surface area contributed by atoms with E-state index < -0.39 is 34.6 Å². The quantitative estimate of drug-likeness (QED) is 0.514. The lowest BCUT2D eigenvalue weighted by molar-refractivity contribution is -0.137. The zero-order valence-corrected chi connectivity index (χ0v) is 21.3. The Morgan fingerprint density at radius 2 is 1.82 bits per heavy atom. The van der Waals surface area contributed by atoms with Crippen molar-refractivity contribution in [3.8, 4) is 11.4 Å². The summed E-state index contributed by atoms with van der Waals surface area (Å²) in [5.41, 5.74) is -1.52. The average molecular weight is 533 g/mol. The zero-order valence-electron chi connectivity index (χ0n) is 21.3. The maximum atomic E-state index is 14.2. The zero-order chi connectivity index (χ0) is 27.6. The predicted molar refractivity (Wildman–Crippen MR) is 131 cm³/mol. The van der Waals surface area contributed by atoms with E-state index in [-0.39, 0.29) is 29.4 Å². The highest BCUT2D eigenvalue weighted by molar-refractivity contribution is 5.95. The van der Waals surface area contributed by atoms with Gasteiger partial charge in [0.15, 0.2) is 11.6 Å². The maximum Gasteiger partial charge on any atom is 0.417 e. The number of rotatable bonds is 4. The first-order valence-corrected chi connectivity index (χ1v) is 12.1. The number of anilines is 2. The lowest BCUT2D eigenvalue weighted by Crippen LogP contribution is -2.43. The van der Waals surface area contributed by atoms with Gasteiger partial charge in [0.1, 0.15) is 11.3 Å². The van der Waals surface area contributed by atoms with Crippen molar-refractivity contribution in [1.82, 2.24) is 19.6 Å². The molecule has 10 nitrogen and oxygen atoms in total. The van der Waals surface area contributed by atoms with Gasteiger partial charge >= 0.3 is 12.1 Å². The number of alkyl halides is 3. The number of nitrogens with zero attached hydrogens (tertiary/aromatic N) is 5. The fourth-order valence-corrected chi connectivity index (χ4v) is 4.79. The van der Waals surface area contributed by atoms with Crippen molar-refractivity contribution >= 4 is 29.0 Å². The Morgan fingerprint density at radius 1 is 1.16 bits per heavy atom. The molecule has 2 unspecified atom stereocenters. The highest BCUT2D eigenvalue weighted by Crippen LogP contribution is 2.39. The van der Waals surface area contributed by atoms with Crippen LogP contribution in [0.4, 0.5) is 24.8 Å². The summed E-state index contributed by atoms with van der Waals surface area (Å²) in [7, 11) is 0. The van der Waals surface area contributed by atoms with E-state index in [1.54, 1.807) is 27.7 Å². The summed E-state index contributed by atoms with van der Waals surface area (Å²) in [4.78, 5) is 34.7. The molecule has 2 saturated heterocycles. The average Bonchev–Trinajstić information content (AvgIpc) is 3.35. The first kappa shape index (κ1) is 25.9. The van der Waals surface area contributed by atoms with Crippen LogP contribution in [-0.4, -0.2) is 61.9 Å². The van der Waals surface area contributed by atoms with E-state index >= 15 is 0 Å². The van der Waals surface area contributed by atoms with Crippen LogP contribution >= 0.6 is 0 Å². The standard InChI is InChI=1S/C25H27F3N6O4/c1-12-16(22(35)36)11-34-19(12)21(33-9-13-5-6-14(10-33)38-13)31-20(32-34)15-8-29-18(7-17(15)25(26,27)28)30-23(37)24(2,3)4/h7-8,11,13-14H,5-6,9-10H2,1-4H3,(H,35,36)(H,29,30,37). The summed E-state index contributed by atoms with van der Waals surface area (Å²) < 4.78 is 49.9. The molecule has 13 heteroatoms. The van der Waals surface area contributed by atoms with E-state index in [9.17, 15) is 27.9 Å². The monoisotopic (exact) mass is 532 g/mol. The topological polar surface area (TPSA) is 122 Å². The number of pyridine rings is 1. The smallest absolute Gasteiger partial charge is 0.417 e. The van der Waals surface area contributed by atoms with Crippen molar-refractivity contribution in [2.45, 2.75) is 58.9 Å². The summed E-state index contributed by atoms with van der Waals surface area (Å²) in [6, 6.07) is 0.755. The molecule has 0 aliphatic carbocycles. The molecule has 2 aliphatic heterocycles. The molecule has 5 heterocycles. The molecule has 38 heavy (non-hydrogen) atoms. The molecule has 0 radical (unpaired) electrons. The number of hydrogen-bond donors (Lipinski definition) is 2. The van der Waals surface area contributed by atoms with Gasteiger partial charge in [0, 0.05) is 30.9 Å². The first-order chi connectivity index (χ1) is 17.7. The van der Waals surface area contributed by atoms with E-state index in [1.807, 2.05) is 4.90 Å². The van der Waals surface area contributed by atoms with E-state index in [0.717, 1.165) is 25.1 Å². The summed E-state index contributed by atoms with van der Waals surface area (Å²) in [5.74, 6) is -1.86. The van der Waals surface area contributed by atoms with Gasteiger partial charge < -0.3 is 20.1 Å². The molecule has 5 rings (SSSR count). The molecular formula is C25H27F3N6O4. The fraction of sp³-hybridized carbons (Fsp3) is 0.480. The molecule has 202 valence electrons. The first-order valence-electron chi connectivity index (χ1n) is 12.1. The minimum atomic E-state index is -4.81. The van der Waals surface area contributed by atoms with Gasteiger partial charge in [-0.1, -0.05) is 20.8 Å². The predicted octanol–water partition coefficient (Wildman–Crippen LogP) is 4.17. The number of amides is 1. The normalized spacial score (nSPS) is 19.7. The van der Waals surface area contributed by atoms with Crippen molar-refractivity contribution in [3.63, 3.8) is 0 Å². The van der Waals surface area contributed by atoms with E-state index in [0.29, 0.717) is 30.0 Å². The number of fused-ring (bicyclic) bond motifs is 3. The second-order valence-corrected chi connectivity index (χ2v) is 10.7. The molecule has 2 aliphatic rings. The number of carboxylic acid groups (broad SMARTS) is 1. The minimum Gasteiger partial charge on any atom is -0.478 e. The van der Waals surface area contributed by atoms with Gasteiger partial charge in [0.05, 0.1) is 28.9 Å². The summed E-state index contributed by atoms with van der Waals surface area (Å²) in [5, 5.41) is 16.4. The third-order valence-corrected chi connectivity index (χ3v) is 6.81. The molecule has 0 spiro atoms. The van der Waals surface area contributed by atoms with Crippen molar-refractivity contribution in [2.75, 3.05) is 23.3 Å². The number of halogens is 3. The van der Waals surface area contributed by atoms with Crippen LogP contribution in [0.15, 0.2) is 18.5 Å². The van der Waals surface area contributed by atoms with Crippen LogP contribution in [0.2, 0.25) is 0 Å². The fourth-order valence-electron chi connectivity index (χ4n) is 4.79. The van der Waals surface area contributed by atoms with Gasteiger partial charge in [-0.25, -0.2) is 19.3 Å². The third-order valence-electron chi connectivity index (χ3n) is 6.81. The van der Waals surface area contributed by atoms with Gasteiger partial charge in [-0.15, -0.1) is 5.10 Å². The molecule has 0 saturated carbocycles. The van der Waals surface area contributed by atoms with Crippen LogP contribution in [0.5, 0.6) is 0 Å². The lowest BCUT2D eigenvalue weighted by Gasteiger charge is -2.33. The molecular weight excluding hydrogens is 505 g/mol. The number of aromatic nitrogens is 4. The Kier molecular flexibility index (Phi) is 6.08. The van der Waals surface area contributed by atoms with Crippen LogP contribution in [0.25, 0.3) is 16.9 Å². The number of carbonyl (C=O) groups is 2. The molecule has 2 atom stereocenters. The van der Waals surface area contributed by atoms with Crippen LogP contribution in [-0.2, 0) is 15.7 Å².